The zero-order chi connectivity index (χ0) is 42.1. The highest BCUT2D eigenvalue weighted by atomic mass is 15.1. The third-order valence-electron chi connectivity index (χ3n) is 13.9. The lowest BCUT2D eigenvalue weighted by atomic mass is 9.68. The summed E-state index contributed by atoms with van der Waals surface area (Å²) in [5.41, 5.74) is 20.6. The van der Waals surface area contributed by atoms with Crippen LogP contribution in [0.5, 0.6) is 0 Å². The molecule has 12 rings (SSSR count). The third kappa shape index (κ3) is 5.70. The second kappa shape index (κ2) is 14.4. The molecule has 0 amide bonds. The van der Waals surface area contributed by atoms with E-state index in [1.54, 1.807) is 0 Å². The van der Waals surface area contributed by atoms with Crippen molar-refractivity contribution in [2.75, 3.05) is 4.90 Å². The van der Waals surface area contributed by atoms with Crippen molar-refractivity contribution < 1.29 is 0 Å². The van der Waals surface area contributed by atoms with Gasteiger partial charge in [0.05, 0.1) is 11.1 Å². The maximum atomic E-state index is 2.50. The van der Waals surface area contributed by atoms with Crippen molar-refractivity contribution in [3.05, 3.63) is 270 Å². The number of para-hydroxylation sites is 1. The van der Waals surface area contributed by atoms with E-state index in [4.69, 9.17) is 0 Å². The lowest BCUT2D eigenvalue weighted by molar-refractivity contribution is 0.660. The van der Waals surface area contributed by atoms with Crippen molar-refractivity contribution in [1.29, 1.82) is 0 Å². The van der Waals surface area contributed by atoms with Gasteiger partial charge in [-0.1, -0.05) is 208 Å². The quantitative estimate of drug-likeness (QED) is 0.155. The van der Waals surface area contributed by atoms with Crippen LogP contribution in [0.15, 0.2) is 237 Å². The Hall–Kier alpha value is -7.74. The van der Waals surface area contributed by atoms with E-state index in [-0.39, 0.29) is 5.41 Å². The lowest BCUT2D eigenvalue weighted by Gasteiger charge is -2.34. The van der Waals surface area contributed by atoms with Crippen LogP contribution < -0.4 is 4.90 Å². The molecule has 298 valence electrons. The highest BCUT2D eigenvalue weighted by molar-refractivity contribution is 5.95. The number of hydrogen-bond acceptors (Lipinski definition) is 1. The van der Waals surface area contributed by atoms with Gasteiger partial charge in [0.2, 0.25) is 0 Å². The molecule has 0 heterocycles. The minimum Gasteiger partial charge on any atom is -0.310 e. The first-order valence-corrected chi connectivity index (χ1v) is 22.1. The number of hydrogen-bond donors (Lipinski definition) is 0. The Bertz CT molecular complexity index is 3320. The standard InChI is InChI=1S/C62H45N/c1-61(2)58-39-46(45-31-30-42-18-12-13-21-44(42)38-45)32-35-53(58)54-36-33-50(41-59(54)61)63(60-29-17-15-26-51(60)43-19-6-3-7-20-43)49-34-37-57-55(40-49)52-27-14-16-28-56(52)62(57,47-22-8-4-9-23-47)48-24-10-5-11-25-48/h3-41H,1-2H3. The predicted octanol–water partition coefficient (Wildman–Crippen LogP) is 16.3. The van der Waals surface area contributed by atoms with Gasteiger partial charge in [-0.25, -0.2) is 0 Å². The predicted molar refractivity (Wildman–Crippen MR) is 264 cm³/mol. The minimum absolute atomic E-state index is 0.222. The summed E-state index contributed by atoms with van der Waals surface area (Å²) in [6.07, 6.45) is 0. The number of nitrogens with zero attached hydrogens (tertiary/aromatic N) is 1. The maximum absolute atomic E-state index is 2.50. The molecule has 0 spiro atoms. The Labute approximate surface area is 370 Å². The van der Waals surface area contributed by atoms with Crippen LogP contribution in [0.3, 0.4) is 0 Å². The van der Waals surface area contributed by atoms with Crippen LogP contribution in [-0.2, 0) is 10.8 Å². The normalized spacial score (nSPS) is 13.8. The van der Waals surface area contributed by atoms with Crippen molar-refractivity contribution >= 4 is 27.8 Å². The Balaban J connectivity index is 1.05. The molecule has 1 heteroatoms. The zero-order valence-electron chi connectivity index (χ0n) is 35.5. The molecule has 63 heavy (non-hydrogen) atoms. The van der Waals surface area contributed by atoms with Gasteiger partial charge < -0.3 is 4.90 Å². The molecular formula is C62H45N. The average molecular weight is 804 g/mol. The van der Waals surface area contributed by atoms with Gasteiger partial charge in [0.1, 0.15) is 0 Å². The summed E-state index contributed by atoms with van der Waals surface area (Å²) in [5.74, 6) is 0. The van der Waals surface area contributed by atoms with Crippen molar-refractivity contribution in [3.63, 3.8) is 0 Å². The van der Waals surface area contributed by atoms with Crippen molar-refractivity contribution in [1.82, 2.24) is 0 Å². The largest absolute Gasteiger partial charge is 0.310 e. The van der Waals surface area contributed by atoms with Crippen molar-refractivity contribution in [2.24, 2.45) is 0 Å². The van der Waals surface area contributed by atoms with Crippen LogP contribution in [0.1, 0.15) is 47.2 Å². The summed E-state index contributed by atoms with van der Waals surface area (Å²) >= 11 is 0. The molecule has 0 fully saturated rings. The van der Waals surface area contributed by atoms with Gasteiger partial charge in [-0.05, 0) is 126 Å². The van der Waals surface area contributed by atoms with Crippen LogP contribution in [0.25, 0.3) is 55.3 Å². The summed E-state index contributed by atoms with van der Waals surface area (Å²) in [6.45, 7) is 4.79. The first kappa shape index (κ1) is 37.1. The molecule has 2 aliphatic carbocycles. The SMILES string of the molecule is CC1(C)c2cc(-c3ccc4ccccc4c3)ccc2-c2ccc(N(c3ccc4c(c3)-c3ccccc3C4(c3ccccc3)c3ccccc3)c3ccccc3-c3ccccc3)cc21. The van der Waals surface area contributed by atoms with Gasteiger partial charge in [-0.15, -0.1) is 0 Å². The minimum atomic E-state index is -0.463. The zero-order valence-corrected chi connectivity index (χ0v) is 35.5. The number of fused-ring (bicyclic) bond motifs is 7. The van der Waals surface area contributed by atoms with E-state index in [0.29, 0.717) is 0 Å². The summed E-state index contributed by atoms with van der Waals surface area (Å²) in [7, 11) is 0. The molecule has 0 aliphatic heterocycles. The van der Waals surface area contributed by atoms with Gasteiger partial charge in [0.15, 0.2) is 0 Å². The summed E-state index contributed by atoms with van der Waals surface area (Å²) < 4.78 is 0. The van der Waals surface area contributed by atoms with Gasteiger partial charge in [0, 0.05) is 22.4 Å². The average Bonchev–Trinajstić information content (AvgIpc) is 3.77. The van der Waals surface area contributed by atoms with Crippen LogP contribution in [-0.4, -0.2) is 0 Å². The summed E-state index contributed by atoms with van der Waals surface area (Å²) in [6, 6.07) is 87.8. The Morgan fingerprint density at radius 3 is 1.56 bits per heavy atom. The Morgan fingerprint density at radius 2 is 0.810 bits per heavy atom. The first-order chi connectivity index (χ1) is 31.0. The summed E-state index contributed by atoms with van der Waals surface area (Å²) in [4.78, 5) is 2.50. The topological polar surface area (TPSA) is 3.24 Å². The fraction of sp³-hybridized carbons (Fsp3) is 0.0645. The number of benzene rings is 10. The highest BCUT2D eigenvalue weighted by Gasteiger charge is 2.46. The molecule has 0 bridgehead atoms. The van der Waals surface area contributed by atoms with Crippen LogP contribution in [0.2, 0.25) is 0 Å². The molecule has 0 unspecified atom stereocenters. The number of anilines is 3. The molecule has 0 saturated heterocycles. The maximum Gasteiger partial charge on any atom is 0.0713 e. The Kier molecular flexibility index (Phi) is 8.49. The number of rotatable bonds is 7. The molecular weight excluding hydrogens is 759 g/mol. The molecule has 0 radical (unpaired) electrons. The molecule has 10 aromatic rings. The van der Waals surface area contributed by atoms with E-state index in [0.717, 1.165) is 17.1 Å². The van der Waals surface area contributed by atoms with E-state index < -0.39 is 5.41 Å². The van der Waals surface area contributed by atoms with E-state index in [1.165, 1.54) is 88.7 Å². The van der Waals surface area contributed by atoms with Crippen LogP contribution in [0.4, 0.5) is 17.1 Å². The monoisotopic (exact) mass is 803 g/mol. The molecule has 0 aromatic heterocycles. The molecule has 1 nitrogen and oxygen atoms in total. The fourth-order valence-corrected chi connectivity index (χ4v) is 10.9. The molecule has 0 saturated carbocycles. The Morgan fingerprint density at radius 1 is 0.302 bits per heavy atom. The second-order valence-corrected chi connectivity index (χ2v) is 17.7. The van der Waals surface area contributed by atoms with E-state index in [1.807, 2.05) is 0 Å². The molecule has 2 aliphatic rings. The molecule has 0 N–H and O–H groups in total. The lowest BCUT2D eigenvalue weighted by Crippen LogP contribution is -2.28. The van der Waals surface area contributed by atoms with Gasteiger partial charge in [-0.2, -0.15) is 0 Å². The van der Waals surface area contributed by atoms with Crippen LogP contribution in [0, 0.1) is 0 Å². The van der Waals surface area contributed by atoms with Gasteiger partial charge in [-0.3, -0.25) is 0 Å². The first-order valence-electron chi connectivity index (χ1n) is 22.1. The van der Waals surface area contributed by atoms with E-state index in [9.17, 15) is 0 Å². The van der Waals surface area contributed by atoms with Gasteiger partial charge >= 0.3 is 0 Å². The van der Waals surface area contributed by atoms with E-state index in [2.05, 4.69) is 255 Å². The summed E-state index contributed by atoms with van der Waals surface area (Å²) in [5, 5.41) is 2.53. The van der Waals surface area contributed by atoms with Crippen molar-refractivity contribution in [2.45, 2.75) is 24.7 Å². The highest BCUT2D eigenvalue weighted by Crippen LogP contribution is 2.58. The second-order valence-electron chi connectivity index (χ2n) is 17.7. The van der Waals surface area contributed by atoms with Crippen molar-refractivity contribution in [3.8, 4) is 44.5 Å². The molecule has 0 atom stereocenters. The van der Waals surface area contributed by atoms with Gasteiger partial charge in [0.25, 0.3) is 0 Å². The van der Waals surface area contributed by atoms with E-state index >= 15 is 0 Å². The fourth-order valence-electron chi connectivity index (χ4n) is 10.9. The molecule has 10 aromatic carbocycles. The van der Waals surface area contributed by atoms with Crippen LogP contribution >= 0.6 is 0 Å². The smallest absolute Gasteiger partial charge is 0.0713 e. The third-order valence-corrected chi connectivity index (χ3v) is 13.9.